The molecule has 0 spiro atoms. The van der Waals surface area contributed by atoms with Crippen LogP contribution in [-0.4, -0.2) is 86.7 Å². The highest BCUT2D eigenvalue weighted by atomic mass is 127. The third-order valence-electron chi connectivity index (χ3n) is 3.59. The van der Waals surface area contributed by atoms with Gasteiger partial charge in [-0.2, -0.15) is 11.8 Å². The van der Waals surface area contributed by atoms with Crippen LogP contribution in [0.1, 0.15) is 13.8 Å². The Morgan fingerprint density at radius 1 is 1.48 bits per heavy atom. The number of nitrogens with one attached hydrogen (secondary N) is 1. The van der Waals surface area contributed by atoms with E-state index in [9.17, 15) is 4.79 Å². The average Bonchev–Trinajstić information content (AvgIpc) is 2.50. The molecule has 0 aromatic heterocycles. The maximum absolute atomic E-state index is 11.8. The molecule has 136 valence electrons. The zero-order valence-corrected chi connectivity index (χ0v) is 18.0. The highest BCUT2D eigenvalue weighted by molar-refractivity contribution is 14.0. The second-order valence-corrected chi connectivity index (χ2v) is 7.29. The van der Waals surface area contributed by atoms with Crippen LogP contribution in [0.3, 0.4) is 0 Å². The van der Waals surface area contributed by atoms with E-state index in [1.54, 1.807) is 26.1 Å². The van der Waals surface area contributed by atoms with E-state index in [0.717, 1.165) is 24.8 Å². The topological polar surface area (TPSA) is 57.2 Å². The average molecular weight is 458 g/mol. The lowest BCUT2D eigenvalue weighted by atomic mass is 10.1. The van der Waals surface area contributed by atoms with Crippen LogP contribution >= 0.6 is 35.7 Å². The van der Waals surface area contributed by atoms with Crippen molar-refractivity contribution < 1.29 is 9.53 Å². The molecule has 1 saturated heterocycles. The molecule has 1 amide bonds. The normalized spacial score (nSPS) is 18.6. The van der Waals surface area contributed by atoms with Crippen molar-refractivity contribution in [2.45, 2.75) is 19.1 Å². The molecule has 1 heterocycles. The van der Waals surface area contributed by atoms with Gasteiger partial charge in [0, 0.05) is 51.8 Å². The Balaban J connectivity index is 0.00000484. The molecular formula is C15H31IN4O2S. The number of amides is 1. The minimum atomic E-state index is 0. The summed E-state index contributed by atoms with van der Waals surface area (Å²) in [5, 5.41) is 3.92. The van der Waals surface area contributed by atoms with Gasteiger partial charge in [0.15, 0.2) is 5.96 Å². The van der Waals surface area contributed by atoms with Gasteiger partial charge < -0.3 is 19.9 Å². The van der Waals surface area contributed by atoms with Gasteiger partial charge in [-0.1, -0.05) is 13.8 Å². The summed E-state index contributed by atoms with van der Waals surface area (Å²) < 4.78 is 5.09. The quantitative estimate of drug-likeness (QED) is 0.282. The third kappa shape index (κ3) is 8.44. The Labute approximate surface area is 161 Å². The number of carbonyl (C=O) groups excluding carboxylic acids is 1. The number of halogens is 1. The van der Waals surface area contributed by atoms with Gasteiger partial charge >= 0.3 is 0 Å². The predicted octanol–water partition coefficient (Wildman–Crippen LogP) is 1.36. The van der Waals surface area contributed by atoms with Gasteiger partial charge in [0.1, 0.15) is 6.54 Å². The Bertz CT molecular complexity index is 380. The minimum absolute atomic E-state index is 0. The number of hydrogen-bond acceptors (Lipinski definition) is 4. The first-order valence-corrected chi connectivity index (χ1v) is 8.84. The molecule has 8 heteroatoms. The van der Waals surface area contributed by atoms with Crippen LogP contribution < -0.4 is 5.32 Å². The van der Waals surface area contributed by atoms with E-state index in [4.69, 9.17) is 4.74 Å². The molecule has 1 atom stereocenters. The van der Waals surface area contributed by atoms with Crippen LogP contribution in [0.5, 0.6) is 0 Å². The molecule has 1 fully saturated rings. The van der Waals surface area contributed by atoms with Crippen molar-refractivity contribution in [2.24, 2.45) is 10.9 Å². The van der Waals surface area contributed by atoms with Crippen LogP contribution in [0.4, 0.5) is 0 Å². The van der Waals surface area contributed by atoms with Gasteiger partial charge in [-0.05, 0) is 5.92 Å². The fraction of sp³-hybridized carbons (Fsp3) is 0.867. The lowest BCUT2D eigenvalue weighted by molar-refractivity contribution is -0.127. The van der Waals surface area contributed by atoms with E-state index in [0.29, 0.717) is 24.3 Å². The Hall–Kier alpha value is -0.220. The fourth-order valence-electron chi connectivity index (χ4n) is 2.09. The van der Waals surface area contributed by atoms with Crippen LogP contribution in [0.2, 0.25) is 0 Å². The van der Waals surface area contributed by atoms with Gasteiger partial charge in [0.25, 0.3) is 0 Å². The van der Waals surface area contributed by atoms with Crippen molar-refractivity contribution in [3.05, 3.63) is 0 Å². The number of carbonyl (C=O) groups is 1. The summed E-state index contributed by atoms with van der Waals surface area (Å²) >= 11 is 2.03. The standard InChI is InChI=1S/C15H30N4O2S.HI/c1-12(2)13-11-19(7-9-22-13)15(16-6-8-21-5)17-10-14(20)18(3)4;/h12-13H,6-11H2,1-5H3,(H,16,17);1H. The van der Waals surface area contributed by atoms with Crippen LogP contribution in [0.15, 0.2) is 4.99 Å². The van der Waals surface area contributed by atoms with Gasteiger partial charge in [0.2, 0.25) is 5.91 Å². The smallest absolute Gasteiger partial charge is 0.243 e. The van der Waals surface area contributed by atoms with Crippen molar-refractivity contribution in [1.29, 1.82) is 0 Å². The number of hydrogen-bond donors (Lipinski definition) is 1. The molecule has 0 aromatic carbocycles. The van der Waals surface area contributed by atoms with E-state index in [2.05, 4.69) is 29.1 Å². The van der Waals surface area contributed by atoms with Crippen LogP contribution in [0, 0.1) is 5.92 Å². The molecule has 0 radical (unpaired) electrons. The first kappa shape index (κ1) is 22.8. The molecule has 1 aliphatic rings. The molecule has 0 aliphatic carbocycles. The number of nitrogens with zero attached hydrogens (tertiary/aromatic N) is 3. The molecule has 0 saturated carbocycles. The molecule has 23 heavy (non-hydrogen) atoms. The molecule has 1 unspecified atom stereocenters. The highest BCUT2D eigenvalue weighted by Crippen LogP contribution is 2.24. The molecule has 0 aromatic rings. The fourth-order valence-corrected chi connectivity index (χ4v) is 3.39. The second kappa shape index (κ2) is 12.2. The number of thioether (sulfide) groups is 1. The van der Waals surface area contributed by atoms with Crippen LogP contribution in [0.25, 0.3) is 0 Å². The Morgan fingerprint density at radius 3 is 2.74 bits per heavy atom. The predicted molar refractivity (Wildman–Crippen MR) is 109 cm³/mol. The molecule has 1 rings (SSSR count). The third-order valence-corrected chi connectivity index (χ3v) is 5.13. The Morgan fingerprint density at radius 2 is 2.17 bits per heavy atom. The highest BCUT2D eigenvalue weighted by Gasteiger charge is 2.25. The molecule has 6 nitrogen and oxygen atoms in total. The number of rotatable bonds is 6. The minimum Gasteiger partial charge on any atom is -0.383 e. The summed E-state index contributed by atoms with van der Waals surface area (Å²) in [4.78, 5) is 20.1. The summed E-state index contributed by atoms with van der Waals surface area (Å²) in [6.45, 7) is 7.94. The molecule has 0 bridgehead atoms. The van der Waals surface area contributed by atoms with E-state index in [1.165, 1.54) is 0 Å². The van der Waals surface area contributed by atoms with Crippen molar-refractivity contribution in [1.82, 2.24) is 15.1 Å². The zero-order valence-electron chi connectivity index (χ0n) is 14.9. The monoisotopic (exact) mass is 458 g/mol. The molecule has 1 aliphatic heterocycles. The number of guanidine groups is 1. The first-order valence-electron chi connectivity index (χ1n) is 7.79. The SMILES string of the molecule is COCCNC(=NCC(=O)N(C)C)N1CCSC(C(C)C)C1.I. The van der Waals surface area contributed by atoms with Crippen LogP contribution in [-0.2, 0) is 9.53 Å². The summed E-state index contributed by atoms with van der Waals surface area (Å²) in [6.07, 6.45) is 0. The first-order chi connectivity index (χ1) is 10.5. The summed E-state index contributed by atoms with van der Waals surface area (Å²) in [5.74, 6) is 2.56. The van der Waals surface area contributed by atoms with Crippen molar-refractivity contribution in [3.8, 4) is 0 Å². The van der Waals surface area contributed by atoms with Crippen molar-refractivity contribution >= 4 is 47.6 Å². The second-order valence-electron chi connectivity index (χ2n) is 5.95. The van der Waals surface area contributed by atoms with Gasteiger partial charge in [-0.15, -0.1) is 24.0 Å². The lowest BCUT2D eigenvalue weighted by Gasteiger charge is -2.36. The zero-order chi connectivity index (χ0) is 16.5. The summed E-state index contributed by atoms with van der Waals surface area (Å²) in [6, 6.07) is 0. The Kier molecular flexibility index (Phi) is 12.1. The maximum Gasteiger partial charge on any atom is 0.243 e. The number of methoxy groups -OCH3 is 1. The molecular weight excluding hydrogens is 427 g/mol. The summed E-state index contributed by atoms with van der Waals surface area (Å²) in [5.41, 5.74) is 0. The summed E-state index contributed by atoms with van der Waals surface area (Å²) in [7, 11) is 5.19. The van der Waals surface area contributed by atoms with Crippen molar-refractivity contribution in [3.63, 3.8) is 0 Å². The van der Waals surface area contributed by atoms with Gasteiger partial charge in [0.05, 0.1) is 6.61 Å². The van der Waals surface area contributed by atoms with Gasteiger partial charge in [-0.3, -0.25) is 4.79 Å². The van der Waals surface area contributed by atoms with E-state index >= 15 is 0 Å². The van der Waals surface area contributed by atoms with E-state index in [1.807, 2.05) is 11.8 Å². The molecule has 1 N–H and O–H groups in total. The number of likely N-dealkylation sites (N-methyl/N-ethyl adjacent to an activating group) is 1. The van der Waals surface area contributed by atoms with Crippen molar-refractivity contribution in [2.75, 3.05) is 59.7 Å². The maximum atomic E-state index is 11.8. The largest absolute Gasteiger partial charge is 0.383 e. The number of aliphatic imine (C=N–C) groups is 1. The van der Waals surface area contributed by atoms with E-state index < -0.39 is 0 Å². The van der Waals surface area contributed by atoms with E-state index in [-0.39, 0.29) is 36.4 Å². The number of ether oxygens (including phenoxy) is 1. The lowest BCUT2D eigenvalue weighted by Crippen LogP contribution is -2.50. The van der Waals surface area contributed by atoms with Gasteiger partial charge in [-0.25, -0.2) is 4.99 Å².